The number of ether oxygens (including phenoxy) is 2. The highest BCUT2D eigenvalue weighted by molar-refractivity contribution is 5.36. The van der Waals surface area contributed by atoms with Crippen LogP contribution >= 0.6 is 0 Å². The normalized spacial score (nSPS) is 12.7. The molecule has 4 heteroatoms. The minimum absolute atomic E-state index is 0.0577. The number of hydrogen-bond donors (Lipinski definition) is 1. The summed E-state index contributed by atoms with van der Waals surface area (Å²) in [5, 5.41) is 3.27. The number of hydrogen-bond acceptors (Lipinski definition) is 3. The van der Waals surface area contributed by atoms with Gasteiger partial charge in [0.25, 0.3) is 0 Å². The van der Waals surface area contributed by atoms with Crippen LogP contribution < -0.4 is 10.1 Å². The first-order valence-corrected chi connectivity index (χ1v) is 7.28. The van der Waals surface area contributed by atoms with E-state index < -0.39 is 0 Å². The molecule has 0 fully saturated rings. The van der Waals surface area contributed by atoms with Crippen LogP contribution in [0.1, 0.15) is 39.3 Å². The van der Waals surface area contributed by atoms with Crippen LogP contribution in [-0.2, 0) is 4.74 Å². The molecule has 3 nitrogen and oxygen atoms in total. The average molecular weight is 283 g/mol. The van der Waals surface area contributed by atoms with Gasteiger partial charge >= 0.3 is 0 Å². The molecule has 0 aromatic heterocycles. The van der Waals surface area contributed by atoms with Crippen molar-refractivity contribution in [3.05, 3.63) is 29.6 Å². The van der Waals surface area contributed by atoms with Crippen LogP contribution in [0.4, 0.5) is 4.39 Å². The van der Waals surface area contributed by atoms with E-state index in [1.54, 1.807) is 6.07 Å². The Morgan fingerprint density at radius 1 is 1.20 bits per heavy atom. The first-order valence-electron chi connectivity index (χ1n) is 7.28. The van der Waals surface area contributed by atoms with Gasteiger partial charge in [-0.2, -0.15) is 0 Å². The van der Waals surface area contributed by atoms with Gasteiger partial charge in [-0.05, 0) is 37.6 Å². The summed E-state index contributed by atoms with van der Waals surface area (Å²) in [7, 11) is 0. The summed E-state index contributed by atoms with van der Waals surface area (Å²) < 4.78 is 24.6. The van der Waals surface area contributed by atoms with Crippen LogP contribution in [0.2, 0.25) is 0 Å². The fourth-order valence-electron chi connectivity index (χ4n) is 1.93. The Hall–Kier alpha value is -1.13. The van der Waals surface area contributed by atoms with E-state index in [-0.39, 0.29) is 11.9 Å². The van der Waals surface area contributed by atoms with Crippen molar-refractivity contribution in [2.75, 3.05) is 26.4 Å². The number of halogens is 1. The first kappa shape index (κ1) is 16.9. The van der Waals surface area contributed by atoms with Crippen LogP contribution in [0.3, 0.4) is 0 Å². The van der Waals surface area contributed by atoms with Gasteiger partial charge in [-0.15, -0.1) is 0 Å². The molecule has 0 amide bonds. The lowest BCUT2D eigenvalue weighted by Gasteiger charge is -2.18. The molecule has 0 aliphatic carbocycles. The number of rotatable bonds is 9. The molecule has 1 atom stereocenters. The highest BCUT2D eigenvalue weighted by Gasteiger charge is 2.12. The number of benzene rings is 1. The average Bonchev–Trinajstić information content (AvgIpc) is 2.39. The molecule has 20 heavy (non-hydrogen) atoms. The maximum Gasteiger partial charge on any atom is 0.124 e. The Kier molecular flexibility index (Phi) is 7.55. The third-order valence-corrected chi connectivity index (χ3v) is 2.89. The molecule has 0 heterocycles. The first-order chi connectivity index (χ1) is 9.54. The molecule has 0 saturated heterocycles. The van der Waals surface area contributed by atoms with E-state index in [0.29, 0.717) is 24.9 Å². The summed E-state index contributed by atoms with van der Waals surface area (Å²) in [6.07, 6.45) is 0. The summed E-state index contributed by atoms with van der Waals surface area (Å²) in [4.78, 5) is 0. The number of nitrogens with one attached hydrogen (secondary N) is 1. The molecule has 0 aliphatic rings. The van der Waals surface area contributed by atoms with E-state index in [2.05, 4.69) is 19.2 Å². The Labute approximate surface area is 121 Å². The molecule has 0 radical (unpaired) electrons. The minimum Gasteiger partial charge on any atom is -0.491 e. The van der Waals surface area contributed by atoms with E-state index in [0.717, 1.165) is 18.7 Å². The molecule has 1 unspecified atom stereocenters. The van der Waals surface area contributed by atoms with Crippen LogP contribution in [0.5, 0.6) is 5.75 Å². The van der Waals surface area contributed by atoms with Crippen molar-refractivity contribution in [2.45, 2.75) is 33.7 Å². The summed E-state index contributed by atoms with van der Waals surface area (Å²) in [6, 6.07) is 4.69. The zero-order valence-corrected chi connectivity index (χ0v) is 12.9. The minimum atomic E-state index is -0.242. The van der Waals surface area contributed by atoms with Gasteiger partial charge in [0.15, 0.2) is 0 Å². The summed E-state index contributed by atoms with van der Waals surface area (Å²) in [5.41, 5.74) is 0.843. The van der Waals surface area contributed by atoms with Crippen molar-refractivity contribution in [1.29, 1.82) is 0 Å². The van der Waals surface area contributed by atoms with Gasteiger partial charge in [-0.25, -0.2) is 4.39 Å². The van der Waals surface area contributed by atoms with Gasteiger partial charge in [0.05, 0.1) is 6.61 Å². The SMILES string of the molecule is CCNC(C)c1cc(F)ccc1OCCOCC(C)C. The van der Waals surface area contributed by atoms with E-state index in [1.165, 1.54) is 12.1 Å². The maximum absolute atomic E-state index is 13.4. The third kappa shape index (κ3) is 5.88. The molecule has 1 N–H and O–H groups in total. The Morgan fingerprint density at radius 3 is 2.60 bits per heavy atom. The largest absolute Gasteiger partial charge is 0.491 e. The summed E-state index contributed by atoms with van der Waals surface area (Å²) in [6.45, 7) is 10.8. The maximum atomic E-state index is 13.4. The van der Waals surface area contributed by atoms with Crippen LogP contribution in [-0.4, -0.2) is 26.4 Å². The predicted molar refractivity (Wildman–Crippen MR) is 79.6 cm³/mol. The van der Waals surface area contributed by atoms with Crippen molar-refractivity contribution in [3.8, 4) is 5.75 Å². The second kappa shape index (κ2) is 8.93. The second-order valence-corrected chi connectivity index (χ2v) is 5.28. The Balaban J connectivity index is 2.55. The van der Waals surface area contributed by atoms with E-state index in [4.69, 9.17) is 9.47 Å². The van der Waals surface area contributed by atoms with Crippen molar-refractivity contribution in [1.82, 2.24) is 5.32 Å². The van der Waals surface area contributed by atoms with Crippen LogP contribution in [0.25, 0.3) is 0 Å². The molecule has 0 bridgehead atoms. The van der Waals surface area contributed by atoms with Crippen LogP contribution in [0.15, 0.2) is 18.2 Å². The molecule has 0 aliphatic heterocycles. The highest BCUT2D eigenvalue weighted by Crippen LogP contribution is 2.26. The smallest absolute Gasteiger partial charge is 0.124 e. The van der Waals surface area contributed by atoms with Gasteiger partial charge in [0, 0.05) is 18.2 Å². The molecular formula is C16H26FNO2. The lowest BCUT2D eigenvalue weighted by molar-refractivity contribution is 0.0814. The van der Waals surface area contributed by atoms with E-state index in [9.17, 15) is 4.39 Å². The zero-order valence-electron chi connectivity index (χ0n) is 12.9. The Morgan fingerprint density at radius 2 is 1.95 bits per heavy atom. The van der Waals surface area contributed by atoms with Gasteiger partial charge in [0.1, 0.15) is 18.2 Å². The Bertz CT molecular complexity index is 396. The van der Waals surface area contributed by atoms with Crippen molar-refractivity contribution in [2.24, 2.45) is 5.92 Å². The topological polar surface area (TPSA) is 30.5 Å². The molecule has 1 aromatic carbocycles. The van der Waals surface area contributed by atoms with Crippen molar-refractivity contribution >= 4 is 0 Å². The van der Waals surface area contributed by atoms with Crippen LogP contribution in [0, 0.1) is 11.7 Å². The van der Waals surface area contributed by atoms with Gasteiger partial charge in [-0.3, -0.25) is 0 Å². The zero-order chi connectivity index (χ0) is 15.0. The van der Waals surface area contributed by atoms with Gasteiger partial charge < -0.3 is 14.8 Å². The lowest BCUT2D eigenvalue weighted by Crippen LogP contribution is -2.19. The van der Waals surface area contributed by atoms with Gasteiger partial charge in [-0.1, -0.05) is 20.8 Å². The molecule has 0 saturated carbocycles. The predicted octanol–water partition coefficient (Wildman–Crippen LogP) is 3.55. The standard InChI is InChI=1S/C16H26FNO2/c1-5-18-13(4)15-10-14(17)6-7-16(15)20-9-8-19-11-12(2)3/h6-7,10,12-13,18H,5,8-9,11H2,1-4H3. The molecule has 0 spiro atoms. The van der Waals surface area contributed by atoms with Crippen molar-refractivity contribution in [3.63, 3.8) is 0 Å². The fourth-order valence-corrected chi connectivity index (χ4v) is 1.93. The van der Waals surface area contributed by atoms with Gasteiger partial charge in [0.2, 0.25) is 0 Å². The quantitative estimate of drug-likeness (QED) is 0.703. The monoisotopic (exact) mass is 283 g/mol. The lowest BCUT2D eigenvalue weighted by atomic mass is 10.1. The summed E-state index contributed by atoms with van der Waals surface area (Å²) >= 11 is 0. The summed E-state index contributed by atoms with van der Waals surface area (Å²) in [5.74, 6) is 0.992. The molecule has 1 aromatic rings. The van der Waals surface area contributed by atoms with Crippen molar-refractivity contribution < 1.29 is 13.9 Å². The second-order valence-electron chi connectivity index (χ2n) is 5.28. The molecule has 1 rings (SSSR count). The third-order valence-electron chi connectivity index (χ3n) is 2.89. The highest BCUT2D eigenvalue weighted by atomic mass is 19.1. The molecule has 114 valence electrons. The fraction of sp³-hybridized carbons (Fsp3) is 0.625. The van der Waals surface area contributed by atoms with E-state index >= 15 is 0 Å². The van der Waals surface area contributed by atoms with E-state index in [1.807, 2.05) is 13.8 Å². The molecular weight excluding hydrogens is 257 g/mol.